The first-order valence-corrected chi connectivity index (χ1v) is 10.6. The summed E-state index contributed by atoms with van der Waals surface area (Å²) in [5, 5.41) is 8.18. The van der Waals surface area contributed by atoms with Gasteiger partial charge in [-0.25, -0.2) is 10.2 Å². The Morgan fingerprint density at radius 1 is 1.00 bits per heavy atom. The molecule has 3 aromatic rings. The third-order valence-electron chi connectivity index (χ3n) is 4.05. The van der Waals surface area contributed by atoms with Crippen molar-refractivity contribution in [2.24, 2.45) is 5.10 Å². The van der Waals surface area contributed by atoms with Gasteiger partial charge in [-0.2, -0.15) is 5.10 Å². The molecule has 8 nitrogen and oxygen atoms in total. The van der Waals surface area contributed by atoms with Crippen molar-refractivity contribution in [2.45, 2.75) is 6.92 Å². The van der Waals surface area contributed by atoms with E-state index in [1.54, 1.807) is 66.0 Å². The summed E-state index contributed by atoms with van der Waals surface area (Å²) in [4.78, 5) is 36.4. The number of amides is 2. The molecule has 2 aromatic carbocycles. The first-order valence-electron chi connectivity index (χ1n) is 9.74. The Morgan fingerprint density at radius 3 is 2.38 bits per heavy atom. The van der Waals surface area contributed by atoms with E-state index in [-0.39, 0.29) is 12.5 Å². The first-order chi connectivity index (χ1) is 15.5. The molecule has 164 valence electrons. The molecule has 0 bridgehead atoms. The summed E-state index contributed by atoms with van der Waals surface area (Å²) in [6.45, 7) is 2.20. The van der Waals surface area contributed by atoms with E-state index >= 15 is 0 Å². The quantitative estimate of drug-likeness (QED) is 0.225. The van der Waals surface area contributed by atoms with Crippen LogP contribution in [0, 0.1) is 0 Å². The normalized spacial score (nSPS) is 10.5. The monoisotopic (exact) mass is 451 g/mol. The summed E-state index contributed by atoms with van der Waals surface area (Å²) in [6.07, 6.45) is 1.44. The van der Waals surface area contributed by atoms with Gasteiger partial charge < -0.3 is 14.8 Å². The molecule has 3 rings (SSSR count). The summed E-state index contributed by atoms with van der Waals surface area (Å²) in [7, 11) is 0. The van der Waals surface area contributed by atoms with E-state index < -0.39 is 11.9 Å². The largest absolute Gasteiger partial charge is 0.494 e. The standard InChI is InChI=1S/C23H21N3O5S/c1-2-30-18-11-7-17(8-12-18)22(28)24-15-21(27)26-25-14-16-5-9-19(10-6-16)31-23(29)20-4-3-13-32-20/h3-14H,2,15H2,1H3,(H,24,28)(H,26,27). The molecule has 1 heterocycles. The number of ether oxygens (including phenoxy) is 2. The van der Waals surface area contributed by atoms with Gasteiger partial charge in [0.05, 0.1) is 19.4 Å². The second-order valence-corrected chi connectivity index (χ2v) is 7.32. The summed E-state index contributed by atoms with van der Waals surface area (Å²) in [5.74, 6) is -0.186. The fraction of sp³-hybridized carbons (Fsp3) is 0.130. The van der Waals surface area contributed by atoms with Gasteiger partial charge in [-0.15, -0.1) is 11.3 Å². The van der Waals surface area contributed by atoms with Gasteiger partial charge in [-0.3, -0.25) is 9.59 Å². The molecule has 0 unspecified atom stereocenters. The van der Waals surface area contributed by atoms with Crippen LogP contribution in [-0.2, 0) is 4.79 Å². The third kappa shape index (κ3) is 6.78. The predicted octanol–water partition coefficient (Wildman–Crippen LogP) is 3.25. The van der Waals surface area contributed by atoms with E-state index in [2.05, 4.69) is 15.8 Å². The lowest BCUT2D eigenvalue weighted by Crippen LogP contribution is -2.34. The molecule has 0 aliphatic rings. The minimum atomic E-state index is -0.470. The number of rotatable bonds is 9. The van der Waals surface area contributed by atoms with Gasteiger partial charge >= 0.3 is 5.97 Å². The van der Waals surface area contributed by atoms with Crippen molar-refractivity contribution in [3.8, 4) is 11.5 Å². The molecule has 2 N–H and O–H groups in total. The van der Waals surface area contributed by atoms with Crippen molar-refractivity contribution in [3.63, 3.8) is 0 Å². The van der Waals surface area contributed by atoms with Crippen molar-refractivity contribution in [3.05, 3.63) is 82.0 Å². The van der Waals surface area contributed by atoms with Crippen LogP contribution in [0.1, 0.15) is 32.5 Å². The summed E-state index contributed by atoms with van der Waals surface area (Å²) >= 11 is 1.31. The fourth-order valence-corrected chi connectivity index (χ4v) is 3.12. The lowest BCUT2D eigenvalue weighted by molar-refractivity contribution is -0.120. The van der Waals surface area contributed by atoms with Crippen LogP contribution < -0.4 is 20.2 Å². The average Bonchev–Trinajstić information content (AvgIpc) is 3.35. The number of carbonyl (C=O) groups excluding carboxylic acids is 3. The number of benzene rings is 2. The van der Waals surface area contributed by atoms with E-state index in [1.165, 1.54) is 17.6 Å². The smallest absolute Gasteiger partial charge is 0.353 e. The maximum absolute atomic E-state index is 12.1. The zero-order valence-electron chi connectivity index (χ0n) is 17.2. The SMILES string of the molecule is CCOc1ccc(C(=O)NCC(=O)NN=Cc2ccc(OC(=O)c3cccs3)cc2)cc1. The number of thiophene rings is 1. The van der Waals surface area contributed by atoms with Crippen molar-refractivity contribution in [1.29, 1.82) is 0 Å². The third-order valence-corrected chi connectivity index (χ3v) is 4.90. The van der Waals surface area contributed by atoms with Crippen molar-refractivity contribution in [2.75, 3.05) is 13.2 Å². The summed E-state index contributed by atoms with van der Waals surface area (Å²) in [6, 6.07) is 16.8. The molecule has 0 saturated heterocycles. The summed E-state index contributed by atoms with van der Waals surface area (Å²) < 4.78 is 10.6. The maximum Gasteiger partial charge on any atom is 0.353 e. The van der Waals surface area contributed by atoms with Gasteiger partial charge in [0.25, 0.3) is 11.8 Å². The second-order valence-electron chi connectivity index (χ2n) is 6.37. The number of hydrogen-bond donors (Lipinski definition) is 2. The highest BCUT2D eigenvalue weighted by Gasteiger charge is 2.09. The molecule has 1 aromatic heterocycles. The van der Waals surface area contributed by atoms with Crippen LogP contribution in [0.3, 0.4) is 0 Å². The first kappa shape index (κ1) is 22.7. The molecule has 0 saturated carbocycles. The van der Waals surface area contributed by atoms with Gasteiger partial charge in [-0.1, -0.05) is 6.07 Å². The van der Waals surface area contributed by atoms with Gasteiger partial charge in [-0.05, 0) is 72.5 Å². The molecule has 0 radical (unpaired) electrons. The maximum atomic E-state index is 12.1. The molecular formula is C23H21N3O5S. The fourth-order valence-electron chi connectivity index (χ4n) is 2.52. The Balaban J connectivity index is 1.41. The number of esters is 1. The highest BCUT2D eigenvalue weighted by molar-refractivity contribution is 7.12. The van der Waals surface area contributed by atoms with E-state index in [0.717, 1.165) is 0 Å². The van der Waals surface area contributed by atoms with Crippen molar-refractivity contribution < 1.29 is 23.9 Å². The molecule has 0 aliphatic heterocycles. The second kappa shape index (κ2) is 11.4. The average molecular weight is 452 g/mol. The highest BCUT2D eigenvalue weighted by atomic mass is 32.1. The molecule has 0 spiro atoms. The van der Waals surface area contributed by atoms with Gasteiger partial charge in [0.2, 0.25) is 0 Å². The highest BCUT2D eigenvalue weighted by Crippen LogP contribution is 2.16. The Bertz CT molecular complexity index is 1080. The molecule has 0 atom stereocenters. The van der Waals surface area contributed by atoms with Gasteiger partial charge in [0, 0.05) is 5.56 Å². The van der Waals surface area contributed by atoms with Crippen LogP contribution in [0.4, 0.5) is 0 Å². The van der Waals surface area contributed by atoms with Crippen LogP contribution in [0.2, 0.25) is 0 Å². The number of carbonyl (C=O) groups is 3. The lowest BCUT2D eigenvalue weighted by atomic mass is 10.2. The number of hydrogen-bond acceptors (Lipinski definition) is 7. The molecule has 2 amide bonds. The summed E-state index contributed by atoms with van der Waals surface area (Å²) in [5.41, 5.74) is 3.46. The Kier molecular flexibility index (Phi) is 8.10. The lowest BCUT2D eigenvalue weighted by Gasteiger charge is -2.06. The van der Waals surface area contributed by atoms with Gasteiger partial charge in [0.15, 0.2) is 0 Å². The van der Waals surface area contributed by atoms with Crippen molar-refractivity contribution >= 4 is 35.3 Å². The molecule has 0 aliphatic carbocycles. The Morgan fingerprint density at radius 2 is 1.72 bits per heavy atom. The van der Waals surface area contributed by atoms with E-state index in [9.17, 15) is 14.4 Å². The molecule has 0 fully saturated rings. The van der Waals surface area contributed by atoms with E-state index in [0.29, 0.717) is 34.1 Å². The molecule has 32 heavy (non-hydrogen) atoms. The topological polar surface area (TPSA) is 106 Å². The van der Waals surface area contributed by atoms with Crippen LogP contribution >= 0.6 is 11.3 Å². The number of hydrazone groups is 1. The molecular weight excluding hydrogens is 430 g/mol. The van der Waals surface area contributed by atoms with E-state index in [1.807, 2.05) is 6.92 Å². The van der Waals surface area contributed by atoms with Crippen LogP contribution in [-0.4, -0.2) is 37.1 Å². The van der Waals surface area contributed by atoms with E-state index in [4.69, 9.17) is 9.47 Å². The Labute approximate surface area is 188 Å². The number of nitrogens with one attached hydrogen (secondary N) is 2. The zero-order chi connectivity index (χ0) is 22.8. The predicted molar refractivity (Wildman–Crippen MR) is 121 cm³/mol. The molecule has 9 heteroatoms. The minimum Gasteiger partial charge on any atom is -0.494 e. The Hall–Kier alpha value is -3.98. The van der Waals surface area contributed by atoms with Crippen LogP contribution in [0.25, 0.3) is 0 Å². The van der Waals surface area contributed by atoms with Crippen molar-refractivity contribution in [1.82, 2.24) is 10.7 Å². The van der Waals surface area contributed by atoms with Crippen LogP contribution in [0.5, 0.6) is 11.5 Å². The zero-order valence-corrected chi connectivity index (χ0v) is 18.1. The minimum absolute atomic E-state index is 0.221. The number of nitrogens with zero attached hydrogens (tertiary/aromatic N) is 1. The van der Waals surface area contributed by atoms with Crippen LogP contribution in [0.15, 0.2) is 71.1 Å². The van der Waals surface area contributed by atoms with Gasteiger partial charge in [0.1, 0.15) is 16.4 Å².